The van der Waals surface area contributed by atoms with E-state index < -0.39 is 17.8 Å². The number of nitriles is 1. The van der Waals surface area contributed by atoms with Gasteiger partial charge in [-0.3, -0.25) is 0 Å². The van der Waals surface area contributed by atoms with Gasteiger partial charge in [0.05, 0.1) is 18.3 Å². The quantitative estimate of drug-likeness (QED) is 0.624. The number of aliphatic carboxylic acids is 2. The molecule has 7 nitrogen and oxygen atoms in total. The van der Waals surface area contributed by atoms with Crippen molar-refractivity contribution >= 4 is 11.9 Å². The molecule has 30 heavy (non-hydrogen) atoms. The largest absolute Gasteiger partial charge is 0.478 e. The van der Waals surface area contributed by atoms with Crippen LogP contribution >= 0.6 is 0 Å². The van der Waals surface area contributed by atoms with Crippen molar-refractivity contribution < 1.29 is 28.9 Å². The van der Waals surface area contributed by atoms with Crippen molar-refractivity contribution in [3.05, 3.63) is 71.6 Å². The Kier molecular flexibility index (Phi) is 8.69. The third-order valence-corrected chi connectivity index (χ3v) is 4.31. The first-order valence-corrected chi connectivity index (χ1v) is 9.15. The van der Waals surface area contributed by atoms with Crippen molar-refractivity contribution in [1.29, 1.82) is 5.26 Å². The van der Waals surface area contributed by atoms with E-state index in [1.165, 1.54) is 6.07 Å². The number of hydrogen-bond donors (Lipinski definition) is 3. The molecule has 1 heterocycles. The van der Waals surface area contributed by atoms with Crippen molar-refractivity contribution in [2.75, 3.05) is 13.1 Å². The predicted octanol–water partition coefficient (Wildman–Crippen LogP) is 2.95. The molecule has 3 N–H and O–H groups in total. The molecule has 0 spiro atoms. The van der Waals surface area contributed by atoms with Gasteiger partial charge < -0.3 is 20.3 Å². The number of carboxylic acid groups (broad SMARTS) is 2. The zero-order chi connectivity index (χ0) is 21.9. The fourth-order valence-corrected chi connectivity index (χ4v) is 2.89. The number of rotatable bonds is 6. The van der Waals surface area contributed by atoms with Gasteiger partial charge in [-0.2, -0.15) is 5.26 Å². The molecule has 1 aliphatic heterocycles. The minimum Gasteiger partial charge on any atom is -0.478 e. The maximum atomic E-state index is 14.0. The van der Waals surface area contributed by atoms with E-state index in [1.807, 2.05) is 36.4 Å². The Labute approximate surface area is 173 Å². The molecular formula is C22H21FN2O5. The second-order valence-corrected chi connectivity index (χ2v) is 6.36. The van der Waals surface area contributed by atoms with Crippen LogP contribution < -0.4 is 5.32 Å². The van der Waals surface area contributed by atoms with Crippen molar-refractivity contribution in [2.24, 2.45) is 0 Å². The smallest absolute Gasteiger partial charge is 0.328 e. The van der Waals surface area contributed by atoms with E-state index >= 15 is 0 Å². The number of ether oxygens (including phenoxy) is 1. The third kappa shape index (κ3) is 6.81. The van der Waals surface area contributed by atoms with Gasteiger partial charge >= 0.3 is 11.9 Å². The predicted molar refractivity (Wildman–Crippen MR) is 107 cm³/mol. The normalized spacial score (nSPS) is 15.3. The summed E-state index contributed by atoms with van der Waals surface area (Å²) in [6.07, 6.45) is 2.18. The molecule has 2 aromatic carbocycles. The van der Waals surface area contributed by atoms with Crippen LogP contribution in [0.1, 0.15) is 17.5 Å². The van der Waals surface area contributed by atoms with Gasteiger partial charge in [0.2, 0.25) is 0 Å². The van der Waals surface area contributed by atoms with Crippen LogP contribution in [0.5, 0.6) is 0 Å². The number of nitrogens with one attached hydrogen (secondary N) is 1. The van der Waals surface area contributed by atoms with Gasteiger partial charge in [0.25, 0.3) is 0 Å². The molecule has 1 saturated heterocycles. The van der Waals surface area contributed by atoms with Gasteiger partial charge in [0.15, 0.2) is 0 Å². The van der Waals surface area contributed by atoms with E-state index in [4.69, 9.17) is 14.9 Å². The summed E-state index contributed by atoms with van der Waals surface area (Å²) in [6, 6.07) is 14.7. The van der Waals surface area contributed by atoms with Crippen LogP contribution in [0.3, 0.4) is 0 Å². The third-order valence-electron chi connectivity index (χ3n) is 4.31. The van der Waals surface area contributed by atoms with Gasteiger partial charge in [-0.25, -0.2) is 14.0 Å². The number of nitrogens with zero attached hydrogens (tertiary/aromatic N) is 1. The standard InChI is InChI=1S/C18H17FN2O.C4H4O4/c19-18-7-6-15(13-4-2-1-3-5-13)17(16(18)10-20)12-22-14-8-9-21-11-14;5-3(6)1-2-4(7)8/h1-7,14,21H,8-9,11-12H2;1-2H,(H,5,6)(H,7,8)/b;2-1+. The molecule has 1 unspecified atom stereocenters. The maximum absolute atomic E-state index is 14.0. The SMILES string of the molecule is N#Cc1c(F)ccc(-c2ccccc2)c1COC1CCNC1.O=C(O)/C=C/C(=O)O. The molecule has 0 amide bonds. The number of carbonyl (C=O) groups is 2. The summed E-state index contributed by atoms with van der Waals surface area (Å²) in [5.74, 6) is -3.01. The van der Waals surface area contributed by atoms with E-state index in [0.717, 1.165) is 30.6 Å². The average Bonchev–Trinajstić information content (AvgIpc) is 3.25. The van der Waals surface area contributed by atoms with Crippen molar-refractivity contribution in [2.45, 2.75) is 19.1 Å². The second-order valence-electron chi connectivity index (χ2n) is 6.36. The van der Waals surface area contributed by atoms with Gasteiger partial charge in [-0.15, -0.1) is 0 Å². The molecule has 1 aliphatic rings. The van der Waals surface area contributed by atoms with Crippen LogP contribution in [0.4, 0.5) is 4.39 Å². The molecule has 1 fully saturated rings. The lowest BCUT2D eigenvalue weighted by molar-refractivity contribution is -0.134. The molecule has 0 aliphatic carbocycles. The molecule has 0 radical (unpaired) electrons. The van der Waals surface area contributed by atoms with E-state index in [1.54, 1.807) is 6.07 Å². The van der Waals surface area contributed by atoms with Gasteiger partial charge in [0, 0.05) is 24.3 Å². The highest BCUT2D eigenvalue weighted by molar-refractivity contribution is 5.89. The Morgan fingerprint density at radius 3 is 2.37 bits per heavy atom. The number of halogens is 1. The molecule has 1 atom stereocenters. The fourth-order valence-electron chi connectivity index (χ4n) is 2.89. The van der Waals surface area contributed by atoms with Crippen LogP contribution in [0, 0.1) is 17.1 Å². The van der Waals surface area contributed by atoms with Gasteiger partial charge in [-0.05, 0) is 30.2 Å². The van der Waals surface area contributed by atoms with Crippen LogP contribution in [0.2, 0.25) is 0 Å². The summed E-state index contributed by atoms with van der Waals surface area (Å²) in [5.41, 5.74) is 2.51. The minimum atomic E-state index is -1.26. The lowest BCUT2D eigenvalue weighted by Crippen LogP contribution is -2.17. The molecule has 2 aromatic rings. The number of hydrogen-bond acceptors (Lipinski definition) is 5. The van der Waals surface area contributed by atoms with E-state index in [2.05, 4.69) is 5.32 Å². The Morgan fingerprint density at radius 2 is 1.83 bits per heavy atom. The minimum absolute atomic E-state index is 0.0762. The Balaban J connectivity index is 0.000000343. The highest BCUT2D eigenvalue weighted by atomic mass is 19.1. The topological polar surface area (TPSA) is 120 Å². The lowest BCUT2D eigenvalue weighted by atomic mass is 9.96. The lowest BCUT2D eigenvalue weighted by Gasteiger charge is -2.15. The molecule has 0 aromatic heterocycles. The van der Waals surface area contributed by atoms with Crippen molar-refractivity contribution in [3.63, 3.8) is 0 Å². The summed E-state index contributed by atoms with van der Waals surface area (Å²) in [4.78, 5) is 19.1. The van der Waals surface area contributed by atoms with E-state index in [-0.39, 0.29) is 18.3 Å². The van der Waals surface area contributed by atoms with Gasteiger partial charge in [0.1, 0.15) is 11.9 Å². The van der Waals surface area contributed by atoms with Crippen LogP contribution in [-0.2, 0) is 20.9 Å². The monoisotopic (exact) mass is 412 g/mol. The Morgan fingerprint density at radius 1 is 1.17 bits per heavy atom. The summed E-state index contributed by atoms with van der Waals surface area (Å²) in [6.45, 7) is 1.99. The molecule has 156 valence electrons. The average molecular weight is 412 g/mol. The highest BCUT2D eigenvalue weighted by Crippen LogP contribution is 2.29. The number of carboxylic acids is 2. The van der Waals surface area contributed by atoms with Crippen LogP contribution in [0.15, 0.2) is 54.6 Å². The van der Waals surface area contributed by atoms with Crippen LogP contribution in [-0.4, -0.2) is 41.3 Å². The first-order chi connectivity index (χ1) is 14.4. The summed E-state index contributed by atoms with van der Waals surface area (Å²) in [7, 11) is 0. The van der Waals surface area contributed by atoms with E-state index in [9.17, 15) is 19.2 Å². The van der Waals surface area contributed by atoms with Gasteiger partial charge in [-0.1, -0.05) is 36.4 Å². The van der Waals surface area contributed by atoms with E-state index in [0.29, 0.717) is 17.7 Å². The summed E-state index contributed by atoms with van der Waals surface area (Å²) >= 11 is 0. The second kappa shape index (κ2) is 11.5. The zero-order valence-corrected chi connectivity index (χ0v) is 16.0. The first kappa shape index (κ1) is 22.7. The molecule has 3 rings (SSSR count). The fraction of sp³-hybridized carbons (Fsp3) is 0.227. The molecule has 0 saturated carbocycles. The molecule has 8 heteroatoms. The highest BCUT2D eigenvalue weighted by Gasteiger charge is 2.19. The Bertz CT molecular complexity index is 932. The van der Waals surface area contributed by atoms with Crippen LogP contribution in [0.25, 0.3) is 11.1 Å². The van der Waals surface area contributed by atoms with Crippen molar-refractivity contribution in [1.82, 2.24) is 5.32 Å². The molecular weight excluding hydrogens is 391 g/mol. The maximum Gasteiger partial charge on any atom is 0.328 e. The first-order valence-electron chi connectivity index (χ1n) is 9.15. The molecule has 0 bridgehead atoms. The number of benzene rings is 2. The summed E-state index contributed by atoms with van der Waals surface area (Å²) < 4.78 is 19.8. The summed E-state index contributed by atoms with van der Waals surface area (Å²) in [5, 5.41) is 28.2. The van der Waals surface area contributed by atoms with Crippen molar-refractivity contribution in [3.8, 4) is 17.2 Å². The zero-order valence-electron chi connectivity index (χ0n) is 16.0. The Hall–Kier alpha value is -3.54.